The van der Waals surface area contributed by atoms with Crippen LogP contribution in [0.3, 0.4) is 0 Å². The number of halogens is 2. The molecule has 3 aromatic rings. The molecule has 2 amide bonds. The van der Waals surface area contributed by atoms with Gasteiger partial charge in [0.1, 0.15) is 11.6 Å². The van der Waals surface area contributed by atoms with E-state index >= 15 is 0 Å². The predicted octanol–water partition coefficient (Wildman–Crippen LogP) is 5.00. The van der Waals surface area contributed by atoms with Gasteiger partial charge in [0.05, 0.1) is 23.1 Å². The van der Waals surface area contributed by atoms with Crippen LogP contribution in [0.2, 0.25) is 0 Å². The highest BCUT2D eigenvalue weighted by atomic mass is 19.3. The first-order valence-electron chi connectivity index (χ1n) is 13.2. The van der Waals surface area contributed by atoms with Gasteiger partial charge in [-0.2, -0.15) is 8.78 Å². The molecule has 0 N–H and O–H groups in total. The third-order valence-electron chi connectivity index (χ3n) is 7.94. The summed E-state index contributed by atoms with van der Waals surface area (Å²) < 4.78 is 33.6. The van der Waals surface area contributed by atoms with Crippen LogP contribution in [0, 0.1) is 23.2 Å². The molecule has 0 radical (unpaired) electrons. The number of fused-ring (bicyclic) bond motifs is 9. The fourth-order valence-corrected chi connectivity index (χ4v) is 6.08. The molecule has 3 aliphatic rings. The van der Waals surface area contributed by atoms with E-state index in [-0.39, 0.29) is 35.6 Å². The highest BCUT2D eigenvalue weighted by Crippen LogP contribution is 2.50. The molecule has 0 saturated carbocycles. The minimum Gasteiger partial charge on any atom is -0.434 e. The van der Waals surface area contributed by atoms with Gasteiger partial charge in [-0.1, -0.05) is 38.7 Å². The van der Waals surface area contributed by atoms with Gasteiger partial charge in [0.25, 0.3) is 5.91 Å². The Bertz CT molecular complexity index is 1560. The topological polar surface area (TPSA) is 67.7 Å². The number of hydrogen-bond acceptors (Lipinski definition) is 4. The lowest BCUT2D eigenvalue weighted by Gasteiger charge is -2.25. The van der Waals surface area contributed by atoms with Crippen LogP contribution >= 0.6 is 0 Å². The maximum Gasteiger partial charge on any atom is 0.387 e. The second-order valence-electron chi connectivity index (χ2n) is 11.6. The average Bonchev–Trinajstić information content (AvgIpc) is 3.58. The fraction of sp³-hybridized carbons (Fsp3) is 0.433. The minimum atomic E-state index is -3.00. The summed E-state index contributed by atoms with van der Waals surface area (Å²) in [6.45, 7) is 4.12. The van der Waals surface area contributed by atoms with Gasteiger partial charge in [0.2, 0.25) is 5.91 Å². The largest absolute Gasteiger partial charge is 0.434 e. The van der Waals surface area contributed by atoms with E-state index in [1.165, 1.54) is 6.07 Å². The standard InChI is InChI=1S/C30H30F2N4O3/c1-30(2,3)28(38)35-13-12-18(16-35)9-8-17-10-11-20-21(14-17)36-22-15-23(26(36)33-20)34(4)27(37)19-6-5-7-24(25(19)22)39-29(31)32/h5-7,10-11,14,18,22-23,29H,12-13,15-16H2,1-4H3/t18?,22-,23-/m1/s1. The van der Waals surface area contributed by atoms with Gasteiger partial charge < -0.3 is 19.1 Å². The van der Waals surface area contributed by atoms with E-state index in [4.69, 9.17) is 9.72 Å². The van der Waals surface area contributed by atoms with Crippen LogP contribution in [0.4, 0.5) is 8.78 Å². The van der Waals surface area contributed by atoms with Crippen molar-refractivity contribution in [2.24, 2.45) is 11.3 Å². The molecule has 3 atom stereocenters. The van der Waals surface area contributed by atoms with E-state index in [0.717, 1.165) is 28.8 Å². The number of ether oxygens (including phenoxy) is 1. The Morgan fingerprint density at radius 2 is 1.97 bits per heavy atom. The van der Waals surface area contributed by atoms with Crippen molar-refractivity contribution in [1.82, 2.24) is 19.4 Å². The van der Waals surface area contributed by atoms with Crippen LogP contribution in [0.5, 0.6) is 5.75 Å². The predicted molar refractivity (Wildman–Crippen MR) is 141 cm³/mol. The van der Waals surface area contributed by atoms with E-state index in [1.807, 2.05) is 48.4 Å². The summed E-state index contributed by atoms with van der Waals surface area (Å²) in [5.41, 5.74) is 2.81. The number of carbonyl (C=O) groups excluding carboxylic acids is 2. The molecule has 0 spiro atoms. The van der Waals surface area contributed by atoms with Gasteiger partial charge in [-0.3, -0.25) is 9.59 Å². The molecular formula is C30H30F2N4O3. The van der Waals surface area contributed by atoms with E-state index < -0.39 is 12.0 Å². The van der Waals surface area contributed by atoms with E-state index in [9.17, 15) is 18.4 Å². The molecule has 3 aliphatic heterocycles. The summed E-state index contributed by atoms with van der Waals surface area (Å²) in [6, 6.07) is 9.85. The number of rotatable bonds is 2. The van der Waals surface area contributed by atoms with Crippen LogP contribution < -0.4 is 4.74 Å². The first-order chi connectivity index (χ1) is 18.5. The zero-order valence-electron chi connectivity index (χ0n) is 22.4. The van der Waals surface area contributed by atoms with Crippen molar-refractivity contribution in [3.05, 3.63) is 58.9 Å². The number of alkyl halides is 2. The number of carbonyl (C=O) groups is 2. The zero-order chi connectivity index (χ0) is 27.6. The van der Waals surface area contributed by atoms with Crippen LogP contribution in [0.1, 0.15) is 73.0 Å². The van der Waals surface area contributed by atoms with Crippen molar-refractivity contribution in [2.45, 2.75) is 52.3 Å². The van der Waals surface area contributed by atoms with Crippen molar-refractivity contribution in [1.29, 1.82) is 0 Å². The molecule has 0 aliphatic carbocycles. The zero-order valence-corrected chi connectivity index (χ0v) is 22.4. The lowest BCUT2D eigenvalue weighted by Crippen LogP contribution is -2.37. The quantitative estimate of drug-likeness (QED) is 0.436. The van der Waals surface area contributed by atoms with Crippen LogP contribution in [0.25, 0.3) is 11.0 Å². The molecule has 1 fully saturated rings. The molecule has 39 heavy (non-hydrogen) atoms. The van der Waals surface area contributed by atoms with Gasteiger partial charge in [0, 0.05) is 54.6 Å². The number of amides is 2. The summed E-state index contributed by atoms with van der Waals surface area (Å²) in [6.07, 6.45) is 1.36. The first kappa shape index (κ1) is 25.4. The summed E-state index contributed by atoms with van der Waals surface area (Å²) in [4.78, 5) is 34.3. The summed E-state index contributed by atoms with van der Waals surface area (Å²) in [5.74, 6) is 7.37. The minimum absolute atomic E-state index is 0.0103. The first-order valence-corrected chi connectivity index (χ1v) is 13.2. The Labute approximate surface area is 225 Å². The van der Waals surface area contributed by atoms with Gasteiger partial charge in [-0.05, 0) is 36.8 Å². The molecule has 2 bridgehead atoms. The van der Waals surface area contributed by atoms with Crippen molar-refractivity contribution in [3.63, 3.8) is 0 Å². The Kier molecular flexibility index (Phi) is 5.90. The number of likely N-dealkylation sites (tertiary alicyclic amines) is 1. The molecule has 9 heteroatoms. The molecule has 4 heterocycles. The van der Waals surface area contributed by atoms with Crippen molar-refractivity contribution >= 4 is 22.8 Å². The Morgan fingerprint density at radius 3 is 2.72 bits per heavy atom. The lowest BCUT2D eigenvalue weighted by molar-refractivity contribution is -0.138. The highest BCUT2D eigenvalue weighted by Gasteiger charge is 2.45. The Morgan fingerprint density at radius 1 is 1.18 bits per heavy atom. The van der Waals surface area contributed by atoms with E-state index in [0.29, 0.717) is 30.6 Å². The number of aromatic nitrogens is 2. The summed E-state index contributed by atoms with van der Waals surface area (Å²) >= 11 is 0. The summed E-state index contributed by atoms with van der Waals surface area (Å²) in [5, 5.41) is 0. The average molecular weight is 533 g/mol. The number of nitrogens with zero attached hydrogens (tertiary/aromatic N) is 4. The van der Waals surface area contributed by atoms with Crippen molar-refractivity contribution < 1.29 is 23.1 Å². The van der Waals surface area contributed by atoms with E-state index in [1.54, 1.807) is 24.1 Å². The second kappa shape index (κ2) is 9.08. The maximum atomic E-state index is 13.3. The van der Waals surface area contributed by atoms with Crippen LogP contribution in [-0.2, 0) is 4.79 Å². The summed E-state index contributed by atoms with van der Waals surface area (Å²) in [7, 11) is 1.72. The lowest BCUT2D eigenvalue weighted by atomic mass is 9.95. The van der Waals surface area contributed by atoms with Crippen molar-refractivity contribution in [2.75, 3.05) is 20.1 Å². The van der Waals surface area contributed by atoms with Gasteiger partial charge in [-0.15, -0.1) is 0 Å². The molecule has 1 saturated heterocycles. The third-order valence-corrected chi connectivity index (χ3v) is 7.94. The second-order valence-corrected chi connectivity index (χ2v) is 11.6. The number of benzene rings is 2. The molecular weight excluding hydrogens is 502 g/mol. The molecule has 2 aromatic carbocycles. The van der Waals surface area contributed by atoms with Crippen LogP contribution in [-0.4, -0.2) is 57.9 Å². The normalized spacial score (nSPS) is 22.0. The number of imidazole rings is 1. The van der Waals surface area contributed by atoms with Crippen LogP contribution in [0.15, 0.2) is 36.4 Å². The maximum absolute atomic E-state index is 13.3. The molecule has 7 nitrogen and oxygen atoms in total. The van der Waals surface area contributed by atoms with Gasteiger partial charge >= 0.3 is 6.61 Å². The highest BCUT2D eigenvalue weighted by molar-refractivity contribution is 5.98. The monoisotopic (exact) mass is 532 g/mol. The number of hydrogen-bond donors (Lipinski definition) is 0. The van der Waals surface area contributed by atoms with Gasteiger partial charge in [-0.25, -0.2) is 4.98 Å². The fourth-order valence-electron chi connectivity index (χ4n) is 6.08. The van der Waals surface area contributed by atoms with Gasteiger partial charge in [0.15, 0.2) is 0 Å². The van der Waals surface area contributed by atoms with Crippen molar-refractivity contribution in [3.8, 4) is 17.6 Å². The van der Waals surface area contributed by atoms with E-state index in [2.05, 4.69) is 11.8 Å². The molecule has 6 rings (SSSR count). The smallest absolute Gasteiger partial charge is 0.387 e. The Balaban J connectivity index is 1.37. The third kappa shape index (κ3) is 4.22. The Hall–Kier alpha value is -3.93. The molecule has 1 unspecified atom stereocenters. The SMILES string of the molecule is CN1C(=O)c2cccc(OC(F)F)c2[C@H]2C[C@@H]1c1nc3ccc(C#CC4CCN(C(=O)C(C)(C)C)C4)cc3n12. The molecule has 202 valence electrons. The molecule has 1 aromatic heterocycles.